The van der Waals surface area contributed by atoms with E-state index in [4.69, 9.17) is 0 Å². The van der Waals surface area contributed by atoms with E-state index in [2.05, 4.69) is 22.1 Å². The van der Waals surface area contributed by atoms with Gasteiger partial charge in [0.2, 0.25) is 19.7 Å². The van der Waals surface area contributed by atoms with Crippen molar-refractivity contribution < 1.29 is 16.8 Å². The zero-order valence-corrected chi connectivity index (χ0v) is 17.9. The molecule has 0 fully saturated rings. The maximum absolute atomic E-state index is 13.8. The SMILES string of the molecule is O=S(=O)(c1ccccc1)C1(S(=O)(=O)c2ccccc2)N=NCC1C#Cc1ccccc1. The molecular weight excluding hydrogens is 432 g/mol. The van der Waals surface area contributed by atoms with Gasteiger partial charge in [0.15, 0.2) is 0 Å². The number of sulfone groups is 2. The van der Waals surface area contributed by atoms with E-state index in [9.17, 15) is 16.8 Å². The smallest absolute Gasteiger partial charge is 0.220 e. The Labute approximate surface area is 181 Å². The van der Waals surface area contributed by atoms with Gasteiger partial charge in [0, 0.05) is 5.56 Å². The second-order valence-corrected chi connectivity index (χ2v) is 11.3. The first-order valence-corrected chi connectivity index (χ1v) is 12.4. The van der Waals surface area contributed by atoms with Crippen molar-refractivity contribution in [1.29, 1.82) is 0 Å². The van der Waals surface area contributed by atoms with Crippen molar-refractivity contribution in [2.24, 2.45) is 16.1 Å². The molecule has 0 radical (unpaired) electrons. The summed E-state index contributed by atoms with van der Waals surface area (Å²) in [5.41, 5.74) is 0.637. The summed E-state index contributed by atoms with van der Waals surface area (Å²) in [6, 6.07) is 23.8. The summed E-state index contributed by atoms with van der Waals surface area (Å²) >= 11 is 0. The molecule has 0 amide bonds. The number of rotatable bonds is 4. The largest absolute Gasteiger partial charge is 0.304 e. The van der Waals surface area contributed by atoms with E-state index in [1.165, 1.54) is 48.5 Å². The Bertz CT molecular complexity index is 1310. The Kier molecular flexibility index (Phi) is 5.48. The molecule has 1 aliphatic rings. The summed E-state index contributed by atoms with van der Waals surface area (Å²) in [4.78, 5) is -0.302. The van der Waals surface area contributed by atoms with Crippen LogP contribution in [0.4, 0.5) is 0 Å². The van der Waals surface area contributed by atoms with E-state index in [1.807, 2.05) is 6.07 Å². The molecule has 0 saturated heterocycles. The van der Waals surface area contributed by atoms with E-state index in [1.54, 1.807) is 36.4 Å². The van der Waals surface area contributed by atoms with Crippen LogP contribution in [-0.4, -0.2) is 27.6 Å². The zero-order valence-electron chi connectivity index (χ0n) is 16.3. The Morgan fingerprint density at radius 1 is 0.710 bits per heavy atom. The van der Waals surface area contributed by atoms with Crippen LogP contribution in [0.25, 0.3) is 0 Å². The average molecular weight is 451 g/mol. The van der Waals surface area contributed by atoms with Crippen LogP contribution in [0.2, 0.25) is 0 Å². The molecule has 1 aliphatic heterocycles. The van der Waals surface area contributed by atoms with Gasteiger partial charge >= 0.3 is 4.20 Å². The van der Waals surface area contributed by atoms with Gasteiger partial charge in [-0.1, -0.05) is 66.4 Å². The molecule has 1 heterocycles. The zero-order chi connectivity index (χ0) is 22.0. The first-order valence-electron chi connectivity index (χ1n) is 9.44. The van der Waals surface area contributed by atoms with E-state index >= 15 is 0 Å². The summed E-state index contributed by atoms with van der Waals surface area (Å²) in [6.07, 6.45) is 0. The molecule has 0 aromatic heterocycles. The first kappa shape index (κ1) is 21.0. The lowest BCUT2D eigenvalue weighted by molar-refractivity contribution is 0.519. The molecule has 3 aromatic carbocycles. The van der Waals surface area contributed by atoms with Gasteiger partial charge < -0.3 is 0 Å². The normalized spacial score (nSPS) is 17.6. The van der Waals surface area contributed by atoms with Crippen LogP contribution in [0.5, 0.6) is 0 Å². The quantitative estimate of drug-likeness (QED) is 0.566. The predicted molar refractivity (Wildman–Crippen MR) is 117 cm³/mol. The average Bonchev–Trinajstić information content (AvgIpc) is 3.26. The molecule has 1 atom stereocenters. The molecule has 4 rings (SSSR count). The van der Waals surface area contributed by atoms with Crippen molar-refractivity contribution in [3.8, 4) is 11.8 Å². The number of benzene rings is 3. The second-order valence-electron chi connectivity index (χ2n) is 6.88. The minimum absolute atomic E-state index is 0.141. The van der Waals surface area contributed by atoms with Crippen LogP contribution < -0.4 is 0 Å². The van der Waals surface area contributed by atoms with Crippen molar-refractivity contribution in [2.45, 2.75) is 14.0 Å². The fraction of sp³-hybridized carbons (Fsp3) is 0.130. The predicted octanol–water partition coefficient (Wildman–Crippen LogP) is 3.72. The van der Waals surface area contributed by atoms with Gasteiger partial charge in [0.1, 0.15) is 0 Å². The van der Waals surface area contributed by atoms with E-state index < -0.39 is 29.8 Å². The third-order valence-corrected chi connectivity index (χ3v) is 10.3. The number of azo groups is 1. The molecule has 1 unspecified atom stereocenters. The van der Waals surface area contributed by atoms with Crippen molar-refractivity contribution in [1.82, 2.24) is 0 Å². The summed E-state index contributed by atoms with van der Waals surface area (Å²) in [7, 11) is -9.02. The Hall–Kier alpha value is -3.28. The highest BCUT2D eigenvalue weighted by Gasteiger charge is 2.64. The lowest BCUT2D eigenvalue weighted by Crippen LogP contribution is -2.49. The fourth-order valence-corrected chi connectivity index (χ4v) is 8.18. The topological polar surface area (TPSA) is 93.0 Å². The first-order chi connectivity index (χ1) is 14.9. The monoisotopic (exact) mass is 450 g/mol. The molecule has 156 valence electrons. The van der Waals surface area contributed by atoms with Crippen molar-refractivity contribution in [3.05, 3.63) is 96.6 Å². The van der Waals surface area contributed by atoms with Crippen LogP contribution >= 0.6 is 0 Å². The number of hydrogen-bond acceptors (Lipinski definition) is 6. The van der Waals surface area contributed by atoms with Crippen LogP contribution in [0.15, 0.2) is 111 Å². The Morgan fingerprint density at radius 3 is 1.65 bits per heavy atom. The van der Waals surface area contributed by atoms with Gasteiger partial charge in [-0.05, 0) is 36.4 Å². The maximum atomic E-state index is 13.8. The third kappa shape index (κ3) is 3.46. The highest BCUT2D eigenvalue weighted by Crippen LogP contribution is 2.45. The molecule has 0 bridgehead atoms. The summed E-state index contributed by atoms with van der Waals surface area (Å²) in [6.45, 7) is -0.141. The minimum Gasteiger partial charge on any atom is -0.220 e. The van der Waals surface area contributed by atoms with Gasteiger partial charge in [-0.2, -0.15) is 10.2 Å². The maximum Gasteiger partial charge on any atom is 0.304 e. The molecule has 0 aliphatic carbocycles. The van der Waals surface area contributed by atoms with Crippen molar-refractivity contribution >= 4 is 19.7 Å². The Balaban J connectivity index is 1.96. The van der Waals surface area contributed by atoms with Crippen LogP contribution in [0.1, 0.15) is 5.56 Å². The standard InChI is InChI=1S/C23H18N2O4S2/c26-30(27,21-12-6-2-7-13-21)23(31(28,29)22-14-8-3-9-15-22)20(18-24-25-23)17-16-19-10-4-1-5-11-19/h1-15,20H,18H2. The molecule has 3 aromatic rings. The molecule has 31 heavy (non-hydrogen) atoms. The summed E-state index contributed by atoms with van der Waals surface area (Å²) in [5, 5.41) is 7.78. The lowest BCUT2D eigenvalue weighted by atomic mass is 10.1. The third-order valence-electron chi connectivity index (χ3n) is 4.96. The molecule has 8 heteroatoms. The van der Waals surface area contributed by atoms with Gasteiger partial charge in [-0.3, -0.25) is 0 Å². The molecule has 6 nitrogen and oxygen atoms in total. The van der Waals surface area contributed by atoms with Crippen LogP contribution in [0, 0.1) is 17.8 Å². The lowest BCUT2D eigenvalue weighted by Gasteiger charge is -2.28. The molecular formula is C23H18N2O4S2. The van der Waals surface area contributed by atoms with E-state index in [0.29, 0.717) is 5.56 Å². The fourth-order valence-electron chi connectivity index (χ4n) is 3.40. The summed E-state index contributed by atoms with van der Waals surface area (Å²) in [5.74, 6) is 4.56. The minimum atomic E-state index is -4.51. The van der Waals surface area contributed by atoms with Gasteiger partial charge in [-0.15, -0.1) is 0 Å². The summed E-state index contributed by atoms with van der Waals surface area (Å²) < 4.78 is 52.6. The highest BCUT2D eigenvalue weighted by atomic mass is 32.3. The van der Waals surface area contributed by atoms with E-state index in [-0.39, 0.29) is 16.3 Å². The molecule has 0 N–H and O–H groups in total. The van der Waals surface area contributed by atoms with Crippen molar-refractivity contribution in [2.75, 3.05) is 6.54 Å². The van der Waals surface area contributed by atoms with E-state index in [0.717, 1.165) is 0 Å². The number of hydrogen-bond donors (Lipinski definition) is 0. The second kappa shape index (κ2) is 8.10. The van der Waals surface area contributed by atoms with Crippen LogP contribution in [0.3, 0.4) is 0 Å². The van der Waals surface area contributed by atoms with Gasteiger partial charge in [-0.25, -0.2) is 16.8 Å². The van der Waals surface area contributed by atoms with Gasteiger partial charge in [0.25, 0.3) is 0 Å². The Morgan fingerprint density at radius 2 is 1.16 bits per heavy atom. The number of nitrogens with zero attached hydrogens (tertiary/aromatic N) is 2. The van der Waals surface area contributed by atoms with Crippen LogP contribution in [-0.2, 0) is 19.7 Å². The highest BCUT2D eigenvalue weighted by molar-refractivity contribution is 8.10. The van der Waals surface area contributed by atoms with Crippen molar-refractivity contribution in [3.63, 3.8) is 0 Å². The van der Waals surface area contributed by atoms with Gasteiger partial charge in [0.05, 0.1) is 22.3 Å². The molecule has 0 saturated carbocycles. The molecule has 0 spiro atoms.